The lowest BCUT2D eigenvalue weighted by Gasteiger charge is -2.30. The lowest BCUT2D eigenvalue weighted by atomic mass is 10.1. The number of nitrogens with zero attached hydrogens (tertiary/aromatic N) is 1. The zero-order valence-corrected chi connectivity index (χ0v) is 10.5. The first kappa shape index (κ1) is 10.9. The highest BCUT2D eigenvalue weighted by atomic mass is 32.2. The number of amides is 1. The lowest BCUT2D eigenvalue weighted by Crippen LogP contribution is -2.45. The molecule has 4 heteroatoms. The first-order chi connectivity index (χ1) is 7.86. The van der Waals surface area contributed by atoms with Crippen molar-refractivity contribution in [3.63, 3.8) is 0 Å². The van der Waals surface area contributed by atoms with Crippen LogP contribution in [0.25, 0.3) is 0 Å². The van der Waals surface area contributed by atoms with Crippen molar-refractivity contribution < 1.29 is 4.79 Å². The highest BCUT2D eigenvalue weighted by Crippen LogP contribution is 2.35. The van der Waals surface area contributed by atoms with Gasteiger partial charge in [0.25, 0.3) is 0 Å². The third-order valence-corrected chi connectivity index (χ3v) is 5.05. The second-order valence-corrected chi connectivity index (χ2v) is 6.33. The third-order valence-electron chi connectivity index (χ3n) is 3.90. The molecule has 3 rings (SSSR count). The first-order valence-corrected chi connectivity index (χ1v) is 7.62. The number of carbonyl (C=O) groups is 1. The normalized spacial score (nSPS) is 34.2. The van der Waals surface area contributed by atoms with Gasteiger partial charge in [0.2, 0.25) is 5.91 Å². The van der Waals surface area contributed by atoms with Gasteiger partial charge in [-0.15, -0.1) is 0 Å². The van der Waals surface area contributed by atoms with Crippen LogP contribution in [0, 0.1) is 5.92 Å². The van der Waals surface area contributed by atoms with Crippen LogP contribution in [0.5, 0.6) is 0 Å². The van der Waals surface area contributed by atoms with Crippen molar-refractivity contribution in [2.75, 3.05) is 24.6 Å². The van der Waals surface area contributed by atoms with Gasteiger partial charge in [-0.3, -0.25) is 4.79 Å². The Morgan fingerprint density at radius 3 is 2.62 bits per heavy atom. The Balaban J connectivity index is 1.68. The highest BCUT2D eigenvalue weighted by molar-refractivity contribution is 7.99. The Hall–Kier alpha value is -0.220. The fourth-order valence-corrected chi connectivity index (χ4v) is 4.03. The van der Waals surface area contributed by atoms with E-state index in [9.17, 15) is 4.79 Å². The van der Waals surface area contributed by atoms with Crippen LogP contribution in [-0.4, -0.2) is 47.5 Å². The van der Waals surface area contributed by atoms with E-state index in [-0.39, 0.29) is 5.92 Å². The average molecular weight is 240 g/mol. The zero-order valence-electron chi connectivity index (χ0n) is 9.65. The van der Waals surface area contributed by atoms with Gasteiger partial charge >= 0.3 is 0 Å². The molecule has 3 aliphatic rings. The van der Waals surface area contributed by atoms with Crippen molar-refractivity contribution in [1.29, 1.82) is 0 Å². The number of rotatable bonds is 3. The van der Waals surface area contributed by atoms with Gasteiger partial charge in [0, 0.05) is 24.4 Å². The summed E-state index contributed by atoms with van der Waals surface area (Å²) in [5.41, 5.74) is 0. The Morgan fingerprint density at radius 1 is 1.19 bits per heavy atom. The molecule has 2 aliphatic heterocycles. The molecule has 1 amide bonds. The molecule has 0 aromatic rings. The van der Waals surface area contributed by atoms with E-state index in [0.29, 0.717) is 18.0 Å². The Morgan fingerprint density at radius 2 is 2.06 bits per heavy atom. The minimum Gasteiger partial charge on any atom is -0.336 e. The van der Waals surface area contributed by atoms with E-state index in [4.69, 9.17) is 0 Å². The van der Waals surface area contributed by atoms with E-state index in [1.165, 1.54) is 30.8 Å². The Bertz CT molecular complexity index is 268. The lowest BCUT2D eigenvalue weighted by molar-refractivity contribution is -0.137. The van der Waals surface area contributed by atoms with Crippen LogP contribution < -0.4 is 5.32 Å². The fourth-order valence-electron chi connectivity index (χ4n) is 2.83. The summed E-state index contributed by atoms with van der Waals surface area (Å²) in [4.78, 5) is 14.8. The number of thioether (sulfide) groups is 1. The van der Waals surface area contributed by atoms with Gasteiger partial charge in [-0.1, -0.05) is 0 Å². The summed E-state index contributed by atoms with van der Waals surface area (Å²) in [6, 6.07) is 1.14. The predicted octanol–water partition coefficient (Wildman–Crippen LogP) is 1.09. The first-order valence-electron chi connectivity index (χ1n) is 6.47. The Labute approximate surface area is 101 Å². The fraction of sp³-hybridized carbons (Fsp3) is 0.917. The number of nitrogens with one attached hydrogen (secondary N) is 1. The topological polar surface area (TPSA) is 32.3 Å². The summed E-state index contributed by atoms with van der Waals surface area (Å²) < 4.78 is 0. The number of carbonyl (C=O) groups excluding carboxylic acids is 1. The molecule has 0 bridgehead atoms. The molecule has 2 atom stereocenters. The van der Waals surface area contributed by atoms with E-state index in [0.717, 1.165) is 19.5 Å². The zero-order chi connectivity index (χ0) is 11.0. The molecule has 0 aromatic carbocycles. The van der Waals surface area contributed by atoms with Crippen LogP contribution in [0.15, 0.2) is 0 Å². The largest absolute Gasteiger partial charge is 0.336 e. The minimum absolute atomic E-state index is 0.270. The smallest absolute Gasteiger partial charge is 0.227 e. The van der Waals surface area contributed by atoms with E-state index >= 15 is 0 Å². The van der Waals surface area contributed by atoms with Crippen LogP contribution in [0.3, 0.4) is 0 Å². The van der Waals surface area contributed by atoms with Crippen LogP contribution >= 0.6 is 11.8 Å². The van der Waals surface area contributed by atoms with E-state index in [1.54, 1.807) is 0 Å². The van der Waals surface area contributed by atoms with Crippen molar-refractivity contribution in [2.24, 2.45) is 5.92 Å². The second-order valence-electron chi connectivity index (χ2n) is 5.18. The molecular formula is C12H20N2OS. The molecule has 0 aromatic heterocycles. The molecule has 3 nitrogen and oxygen atoms in total. The van der Waals surface area contributed by atoms with Gasteiger partial charge in [-0.2, -0.15) is 11.8 Å². The maximum Gasteiger partial charge on any atom is 0.227 e. The maximum atomic E-state index is 12.5. The quantitative estimate of drug-likeness (QED) is 0.801. The SMILES string of the molecule is O=C(C1CCNC1)N(C1CC1)C1CCSC1. The van der Waals surface area contributed by atoms with Crippen LogP contribution in [0.2, 0.25) is 0 Å². The molecule has 90 valence electrons. The molecular weight excluding hydrogens is 220 g/mol. The van der Waals surface area contributed by atoms with Crippen molar-refractivity contribution in [2.45, 2.75) is 37.8 Å². The molecule has 1 saturated carbocycles. The van der Waals surface area contributed by atoms with Gasteiger partial charge < -0.3 is 10.2 Å². The molecule has 1 N–H and O–H groups in total. The highest BCUT2D eigenvalue weighted by Gasteiger charge is 2.41. The van der Waals surface area contributed by atoms with Gasteiger partial charge in [-0.25, -0.2) is 0 Å². The summed E-state index contributed by atoms with van der Waals surface area (Å²) in [6.45, 7) is 1.93. The minimum atomic E-state index is 0.270. The standard InChI is InChI=1S/C12H20N2OS/c15-12(9-3-5-13-7-9)14(10-1-2-10)11-4-6-16-8-11/h9-11,13H,1-8H2. The van der Waals surface area contributed by atoms with E-state index < -0.39 is 0 Å². The summed E-state index contributed by atoms with van der Waals surface area (Å²) in [5, 5.41) is 3.31. The van der Waals surface area contributed by atoms with Crippen LogP contribution in [0.4, 0.5) is 0 Å². The van der Waals surface area contributed by atoms with Gasteiger partial charge in [0.1, 0.15) is 0 Å². The summed E-state index contributed by atoms with van der Waals surface area (Å²) in [5.74, 6) is 3.12. The summed E-state index contributed by atoms with van der Waals surface area (Å²) in [7, 11) is 0. The molecule has 2 unspecified atom stereocenters. The van der Waals surface area contributed by atoms with E-state index in [1.807, 2.05) is 11.8 Å². The summed E-state index contributed by atoms with van der Waals surface area (Å²) in [6.07, 6.45) is 4.75. The van der Waals surface area contributed by atoms with Crippen molar-refractivity contribution in [1.82, 2.24) is 10.2 Å². The molecule has 2 heterocycles. The third kappa shape index (κ3) is 2.09. The predicted molar refractivity (Wildman–Crippen MR) is 66.6 cm³/mol. The van der Waals surface area contributed by atoms with Crippen molar-refractivity contribution in [3.8, 4) is 0 Å². The number of hydrogen-bond donors (Lipinski definition) is 1. The maximum absolute atomic E-state index is 12.5. The van der Waals surface area contributed by atoms with Gasteiger partial charge in [-0.05, 0) is 38.0 Å². The van der Waals surface area contributed by atoms with Crippen LogP contribution in [-0.2, 0) is 4.79 Å². The Kier molecular flexibility index (Phi) is 3.11. The van der Waals surface area contributed by atoms with Crippen molar-refractivity contribution >= 4 is 17.7 Å². The van der Waals surface area contributed by atoms with Crippen LogP contribution in [0.1, 0.15) is 25.7 Å². The number of hydrogen-bond acceptors (Lipinski definition) is 3. The average Bonchev–Trinajstić information content (AvgIpc) is 2.83. The van der Waals surface area contributed by atoms with Crippen molar-refractivity contribution in [3.05, 3.63) is 0 Å². The molecule has 1 aliphatic carbocycles. The molecule has 0 spiro atoms. The molecule has 3 fully saturated rings. The second kappa shape index (κ2) is 4.57. The van der Waals surface area contributed by atoms with Gasteiger partial charge in [0.15, 0.2) is 0 Å². The molecule has 16 heavy (non-hydrogen) atoms. The van der Waals surface area contributed by atoms with E-state index in [2.05, 4.69) is 10.2 Å². The summed E-state index contributed by atoms with van der Waals surface area (Å²) >= 11 is 2.01. The molecule has 0 radical (unpaired) electrons. The van der Waals surface area contributed by atoms with Gasteiger partial charge in [0.05, 0.1) is 5.92 Å². The monoisotopic (exact) mass is 240 g/mol. The molecule has 2 saturated heterocycles.